The highest BCUT2D eigenvalue weighted by atomic mass is 16.5. The van der Waals surface area contributed by atoms with Gasteiger partial charge in [0.15, 0.2) is 0 Å². The number of ether oxygens (including phenoxy) is 1. The van der Waals surface area contributed by atoms with Crippen LogP contribution in [0.5, 0.6) is 5.75 Å². The Morgan fingerprint density at radius 2 is 2.21 bits per heavy atom. The van der Waals surface area contributed by atoms with Crippen LogP contribution in [0.4, 0.5) is 0 Å². The molecule has 0 heterocycles. The molecule has 0 amide bonds. The Balaban J connectivity index is 2.35. The standard InChI is InChI=1S/C16H21NO2/c1-12-6-5-9-16(10-12,11-17)15(18)13-7-3-4-8-14(13)19-2/h3-4,7-8,12,15,18H,5-6,9-10H2,1-2H3. The molecule has 0 aliphatic heterocycles. The molecule has 102 valence electrons. The lowest BCUT2D eigenvalue weighted by molar-refractivity contribution is 0.0204. The number of aliphatic hydroxyl groups is 1. The fourth-order valence-electron chi connectivity index (χ4n) is 3.19. The van der Waals surface area contributed by atoms with Gasteiger partial charge in [0.1, 0.15) is 11.9 Å². The number of hydrogen-bond donors (Lipinski definition) is 1. The number of nitriles is 1. The highest BCUT2D eigenvalue weighted by Crippen LogP contribution is 2.48. The molecular weight excluding hydrogens is 238 g/mol. The van der Waals surface area contributed by atoms with Gasteiger partial charge in [-0.05, 0) is 24.8 Å². The van der Waals surface area contributed by atoms with E-state index in [0.717, 1.165) is 31.2 Å². The van der Waals surface area contributed by atoms with Crippen molar-refractivity contribution in [2.24, 2.45) is 11.3 Å². The van der Waals surface area contributed by atoms with Crippen molar-refractivity contribution in [2.45, 2.75) is 38.7 Å². The average Bonchev–Trinajstić information content (AvgIpc) is 2.46. The van der Waals surface area contributed by atoms with Gasteiger partial charge in [-0.15, -0.1) is 0 Å². The van der Waals surface area contributed by atoms with Crippen molar-refractivity contribution < 1.29 is 9.84 Å². The van der Waals surface area contributed by atoms with E-state index in [-0.39, 0.29) is 0 Å². The highest BCUT2D eigenvalue weighted by Gasteiger charge is 2.43. The molecule has 0 spiro atoms. The van der Waals surface area contributed by atoms with E-state index in [1.54, 1.807) is 7.11 Å². The second-order valence-corrected chi connectivity index (χ2v) is 5.61. The average molecular weight is 259 g/mol. The fourth-order valence-corrected chi connectivity index (χ4v) is 3.19. The molecule has 0 saturated heterocycles. The normalized spacial score (nSPS) is 28.4. The lowest BCUT2D eigenvalue weighted by Gasteiger charge is -2.38. The minimum Gasteiger partial charge on any atom is -0.496 e. The minimum atomic E-state index is -0.781. The van der Waals surface area contributed by atoms with Crippen LogP contribution in [0.2, 0.25) is 0 Å². The van der Waals surface area contributed by atoms with Gasteiger partial charge >= 0.3 is 0 Å². The molecule has 0 radical (unpaired) electrons. The zero-order chi connectivity index (χ0) is 13.9. The molecule has 19 heavy (non-hydrogen) atoms. The molecule has 1 saturated carbocycles. The molecule has 3 nitrogen and oxygen atoms in total. The lowest BCUT2D eigenvalue weighted by Crippen LogP contribution is -2.33. The van der Waals surface area contributed by atoms with E-state index in [4.69, 9.17) is 4.74 Å². The third-order valence-electron chi connectivity index (χ3n) is 4.21. The van der Waals surface area contributed by atoms with E-state index < -0.39 is 11.5 Å². The maximum Gasteiger partial charge on any atom is 0.124 e. The number of hydrogen-bond acceptors (Lipinski definition) is 3. The molecule has 3 atom stereocenters. The molecule has 1 aliphatic rings. The van der Waals surface area contributed by atoms with Gasteiger partial charge in [0.2, 0.25) is 0 Å². The maximum absolute atomic E-state index is 10.7. The number of benzene rings is 1. The molecule has 0 bridgehead atoms. The molecule has 3 heteroatoms. The number of methoxy groups -OCH3 is 1. The van der Waals surface area contributed by atoms with Gasteiger partial charge in [-0.1, -0.05) is 38.0 Å². The highest BCUT2D eigenvalue weighted by molar-refractivity contribution is 5.37. The Morgan fingerprint density at radius 3 is 2.84 bits per heavy atom. The Labute approximate surface area is 114 Å². The Hall–Kier alpha value is -1.53. The maximum atomic E-state index is 10.7. The van der Waals surface area contributed by atoms with Gasteiger partial charge in [-0.25, -0.2) is 0 Å². The van der Waals surface area contributed by atoms with Crippen LogP contribution in [-0.2, 0) is 0 Å². The first kappa shape index (κ1) is 13.9. The topological polar surface area (TPSA) is 53.2 Å². The monoisotopic (exact) mass is 259 g/mol. The van der Waals surface area contributed by atoms with Crippen LogP contribution in [0, 0.1) is 22.7 Å². The zero-order valence-corrected chi connectivity index (χ0v) is 11.6. The van der Waals surface area contributed by atoms with Crippen LogP contribution in [0.3, 0.4) is 0 Å². The quantitative estimate of drug-likeness (QED) is 0.904. The molecule has 2 rings (SSSR count). The predicted octanol–water partition coefficient (Wildman–Crippen LogP) is 3.45. The summed E-state index contributed by atoms with van der Waals surface area (Å²) in [6.07, 6.45) is 2.87. The molecule has 3 unspecified atom stereocenters. The van der Waals surface area contributed by atoms with Crippen molar-refractivity contribution in [3.63, 3.8) is 0 Å². The van der Waals surface area contributed by atoms with E-state index in [1.807, 2.05) is 24.3 Å². The fraction of sp³-hybridized carbons (Fsp3) is 0.562. The van der Waals surface area contributed by atoms with Gasteiger partial charge in [0.25, 0.3) is 0 Å². The van der Waals surface area contributed by atoms with Crippen molar-refractivity contribution in [3.05, 3.63) is 29.8 Å². The van der Waals surface area contributed by atoms with E-state index in [9.17, 15) is 10.4 Å². The van der Waals surface area contributed by atoms with Crippen LogP contribution in [0.15, 0.2) is 24.3 Å². The lowest BCUT2D eigenvalue weighted by atomic mass is 9.66. The molecule has 1 aromatic rings. The van der Waals surface area contributed by atoms with Crippen molar-refractivity contribution in [1.82, 2.24) is 0 Å². The van der Waals surface area contributed by atoms with Gasteiger partial charge in [0, 0.05) is 5.56 Å². The van der Waals surface area contributed by atoms with Crippen molar-refractivity contribution >= 4 is 0 Å². The van der Waals surface area contributed by atoms with E-state index in [2.05, 4.69) is 13.0 Å². The third-order valence-corrected chi connectivity index (χ3v) is 4.21. The SMILES string of the molecule is COc1ccccc1C(O)C1(C#N)CCCC(C)C1. The number of nitrogens with zero attached hydrogens (tertiary/aromatic N) is 1. The van der Waals surface area contributed by atoms with E-state index in [0.29, 0.717) is 11.7 Å². The smallest absolute Gasteiger partial charge is 0.124 e. The number of rotatable bonds is 3. The molecule has 1 N–H and O–H groups in total. The summed E-state index contributed by atoms with van der Waals surface area (Å²) in [4.78, 5) is 0. The molecule has 1 aliphatic carbocycles. The Bertz CT molecular complexity index is 480. The van der Waals surface area contributed by atoms with Gasteiger partial charge in [-0.3, -0.25) is 0 Å². The third kappa shape index (κ3) is 2.59. The summed E-state index contributed by atoms with van der Waals surface area (Å²) in [5.74, 6) is 1.14. The van der Waals surface area contributed by atoms with Crippen LogP contribution in [0.1, 0.15) is 44.3 Å². The first-order valence-electron chi connectivity index (χ1n) is 6.85. The second-order valence-electron chi connectivity index (χ2n) is 5.61. The molecule has 1 fully saturated rings. The summed E-state index contributed by atoms with van der Waals surface area (Å²) < 4.78 is 5.30. The van der Waals surface area contributed by atoms with Gasteiger partial charge < -0.3 is 9.84 Å². The number of aliphatic hydroxyl groups excluding tert-OH is 1. The molecular formula is C16H21NO2. The van der Waals surface area contributed by atoms with Gasteiger partial charge in [0.05, 0.1) is 18.6 Å². The minimum absolute atomic E-state index is 0.484. The van der Waals surface area contributed by atoms with Crippen LogP contribution in [-0.4, -0.2) is 12.2 Å². The zero-order valence-electron chi connectivity index (χ0n) is 11.6. The van der Waals surface area contributed by atoms with E-state index >= 15 is 0 Å². The summed E-state index contributed by atoms with van der Waals surface area (Å²) >= 11 is 0. The Morgan fingerprint density at radius 1 is 1.47 bits per heavy atom. The summed E-state index contributed by atoms with van der Waals surface area (Å²) in [7, 11) is 1.59. The second kappa shape index (κ2) is 5.63. The van der Waals surface area contributed by atoms with Crippen molar-refractivity contribution in [1.29, 1.82) is 5.26 Å². The van der Waals surface area contributed by atoms with Gasteiger partial charge in [-0.2, -0.15) is 5.26 Å². The summed E-state index contributed by atoms with van der Waals surface area (Å²) in [5, 5.41) is 20.3. The van der Waals surface area contributed by atoms with Crippen molar-refractivity contribution in [2.75, 3.05) is 7.11 Å². The summed E-state index contributed by atoms with van der Waals surface area (Å²) in [5.41, 5.74) is 0.0485. The largest absolute Gasteiger partial charge is 0.496 e. The summed E-state index contributed by atoms with van der Waals surface area (Å²) in [6.45, 7) is 2.15. The van der Waals surface area contributed by atoms with E-state index in [1.165, 1.54) is 0 Å². The number of para-hydroxylation sites is 1. The molecule has 0 aromatic heterocycles. The predicted molar refractivity (Wildman–Crippen MR) is 73.6 cm³/mol. The van der Waals surface area contributed by atoms with Crippen LogP contribution < -0.4 is 4.74 Å². The first-order chi connectivity index (χ1) is 9.13. The van der Waals surface area contributed by atoms with Crippen LogP contribution >= 0.6 is 0 Å². The first-order valence-corrected chi connectivity index (χ1v) is 6.85. The van der Waals surface area contributed by atoms with Crippen LogP contribution in [0.25, 0.3) is 0 Å². The summed E-state index contributed by atoms with van der Waals surface area (Å²) in [6, 6.07) is 9.82. The molecule has 1 aromatic carbocycles. The van der Waals surface area contributed by atoms with Crippen molar-refractivity contribution in [3.8, 4) is 11.8 Å². The Kier molecular flexibility index (Phi) is 4.11.